The van der Waals surface area contributed by atoms with Gasteiger partial charge in [-0.1, -0.05) is 37.3 Å². The molecule has 2 aromatic rings. The summed E-state index contributed by atoms with van der Waals surface area (Å²) in [5.41, 5.74) is -4.86. The molecule has 2 aromatic carbocycles. The Bertz CT molecular complexity index is 1610. The van der Waals surface area contributed by atoms with Crippen LogP contribution in [0.1, 0.15) is 56.9 Å². The van der Waals surface area contributed by atoms with Crippen LogP contribution in [0.3, 0.4) is 0 Å². The van der Waals surface area contributed by atoms with Crippen LogP contribution in [0.25, 0.3) is 0 Å². The number of thioether (sulfide) groups is 1. The van der Waals surface area contributed by atoms with Gasteiger partial charge in [0.05, 0.1) is 12.2 Å². The number of aromatic hydroxyl groups is 1. The molecule has 1 heterocycles. The van der Waals surface area contributed by atoms with Crippen LogP contribution < -0.4 is 0 Å². The summed E-state index contributed by atoms with van der Waals surface area (Å²) >= 11 is 1.62. The topological polar surface area (TPSA) is 113 Å². The SMILES string of the molecule is C[C@]12C=CC(=O)CC1=C(F)C[C@H]1[C@@H]3C[C@H]4O[C@@H](c5ccc(CSc6ccc(O)cc6)cc5)O[C@@]4(C(=O)CO)[C@@]3(C)C[C@H](O)[C@@]12F. The van der Waals surface area contributed by atoms with E-state index in [1.165, 1.54) is 12.2 Å². The summed E-state index contributed by atoms with van der Waals surface area (Å²) in [7, 11) is 0. The molecule has 9 atom stereocenters. The lowest BCUT2D eigenvalue weighted by Crippen LogP contribution is -2.69. The van der Waals surface area contributed by atoms with E-state index in [0.29, 0.717) is 11.3 Å². The van der Waals surface area contributed by atoms with Gasteiger partial charge in [0.2, 0.25) is 0 Å². The summed E-state index contributed by atoms with van der Waals surface area (Å²) in [4.78, 5) is 26.9. The summed E-state index contributed by atoms with van der Waals surface area (Å²) in [6.45, 7) is 2.48. The third kappa shape index (κ3) is 4.22. The van der Waals surface area contributed by atoms with E-state index in [1.54, 1.807) is 37.7 Å². The van der Waals surface area contributed by atoms with Crippen molar-refractivity contribution in [3.05, 3.63) is 83.2 Å². The molecule has 0 aromatic heterocycles. The van der Waals surface area contributed by atoms with Crippen molar-refractivity contribution >= 4 is 23.3 Å². The highest BCUT2D eigenvalue weighted by atomic mass is 32.2. The average Bonchev–Trinajstić information content (AvgIpc) is 3.52. The number of carbonyl (C=O) groups excluding carboxylic acids is 2. The largest absolute Gasteiger partial charge is 0.508 e. The number of phenols is 1. The summed E-state index contributed by atoms with van der Waals surface area (Å²) < 4.78 is 46.2. The second kappa shape index (κ2) is 10.6. The molecule has 1 aliphatic heterocycles. The van der Waals surface area contributed by atoms with E-state index in [2.05, 4.69) is 0 Å². The van der Waals surface area contributed by atoms with E-state index in [4.69, 9.17) is 9.47 Å². The number of alkyl halides is 1. The van der Waals surface area contributed by atoms with Crippen molar-refractivity contribution in [2.45, 2.75) is 79.9 Å². The van der Waals surface area contributed by atoms with Crippen molar-refractivity contribution in [1.29, 1.82) is 0 Å². The highest BCUT2D eigenvalue weighted by Gasteiger charge is 2.79. The molecule has 0 unspecified atom stereocenters. The second-order valence-electron chi connectivity index (χ2n) is 13.5. The number of hydrogen-bond acceptors (Lipinski definition) is 8. The van der Waals surface area contributed by atoms with Crippen LogP contribution in [0, 0.1) is 22.7 Å². The number of allylic oxidation sites excluding steroid dienone is 4. The Morgan fingerprint density at radius 1 is 1.09 bits per heavy atom. The second-order valence-corrected chi connectivity index (χ2v) is 14.6. The van der Waals surface area contributed by atoms with Crippen LogP contribution in [-0.4, -0.2) is 57.0 Å². The van der Waals surface area contributed by atoms with Crippen LogP contribution in [0.4, 0.5) is 8.78 Å². The van der Waals surface area contributed by atoms with Gasteiger partial charge < -0.3 is 24.8 Å². The number of carbonyl (C=O) groups is 2. The highest BCUT2D eigenvalue weighted by Crippen LogP contribution is 2.72. The number of phenolic OH excluding ortho intramolecular Hbond substituents is 1. The van der Waals surface area contributed by atoms with Gasteiger partial charge >= 0.3 is 0 Å². The molecule has 4 aliphatic carbocycles. The van der Waals surface area contributed by atoms with E-state index in [9.17, 15) is 24.9 Å². The number of ether oxygens (including phenoxy) is 2. The zero-order valence-electron chi connectivity index (χ0n) is 25.0. The van der Waals surface area contributed by atoms with Crippen molar-refractivity contribution < 1.29 is 43.2 Å². The number of fused-ring (bicyclic) bond motifs is 7. The molecule has 2 saturated carbocycles. The number of hydrogen-bond donors (Lipinski definition) is 3. The van der Waals surface area contributed by atoms with Gasteiger partial charge in [0.15, 0.2) is 29.1 Å². The monoisotopic (exact) mass is 638 g/mol. The first-order chi connectivity index (χ1) is 21.4. The van der Waals surface area contributed by atoms with Crippen LogP contribution >= 0.6 is 11.8 Å². The minimum absolute atomic E-state index is 0.0771. The molecule has 0 spiro atoms. The number of halogens is 2. The Labute approximate surface area is 264 Å². The summed E-state index contributed by atoms with van der Waals surface area (Å²) in [5.74, 6) is -2.19. The van der Waals surface area contributed by atoms with E-state index < -0.39 is 70.7 Å². The zero-order valence-corrected chi connectivity index (χ0v) is 25.9. The molecule has 45 heavy (non-hydrogen) atoms. The maximum absolute atomic E-state index is 17.5. The number of aliphatic hydroxyl groups excluding tert-OH is 2. The molecule has 7 rings (SSSR count). The van der Waals surface area contributed by atoms with Gasteiger partial charge in [-0.2, -0.15) is 0 Å². The molecular weight excluding hydrogens is 602 g/mol. The van der Waals surface area contributed by atoms with E-state index in [0.717, 1.165) is 10.5 Å². The van der Waals surface area contributed by atoms with Crippen LogP contribution in [0.5, 0.6) is 5.75 Å². The van der Waals surface area contributed by atoms with Gasteiger partial charge in [-0.3, -0.25) is 9.59 Å². The quantitative estimate of drug-likeness (QED) is 0.347. The minimum atomic E-state index is -2.28. The lowest BCUT2D eigenvalue weighted by molar-refractivity contribution is -0.229. The summed E-state index contributed by atoms with van der Waals surface area (Å²) in [5, 5.41) is 31.3. The van der Waals surface area contributed by atoms with Crippen molar-refractivity contribution in [2.24, 2.45) is 22.7 Å². The Morgan fingerprint density at radius 3 is 2.49 bits per heavy atom. The van der Waals surface area contributed by atoms with Gasteiger partial charge in [0, 0.05) is 45.8 Å². The Morgan fingerprint density at radius 2 is 1.80 bits per heavy atom. The molecule has 5 aliphatic rings. The molecule has 7 nitrogen and oxygen atoms in total. The normalized spacial score (nSPS) is 40.1. The van der Waals surface area contributed by atoms with Gasteiger partial charge in [-0.25, -0.2) is 8.78 Å². The molecule has 1 saturated heterocycles. The van der Waals surface area contributed by atoms with Gasteiger partial charge in [0.25, 0.3) is 0 Å². The van der Waals surface area contributed by atoms with Gasteiger partial charge in [0.1, 0.15) is 18.2 Å². The van der Waals surface area contributed by atoms with Crippen molar-refractivity contribution in [3.63, 3.8) is 0 Å². The molecule has 238 valence electrons. The van der Waals surface area contributed by atoms with E-state index >= 15 is 8.78 Å². The number of rotatable bonds is 6. The summed E-state index contributed by atoms with van der Waals surface area (Å²) in [6, 6.07) is 14.6. The van der Waals surface area contributed by atoms with Crippen molar-refractivity contribution in [3.8, 4) is 5.75 Å². The Hall–Kier alpha value is -2.89. The van der Waals surface area contributed by atoms with E-state index in [-0.39, 0.29) is 42.8 Å². The van der Waals surface area contributed by atoms with E-state index in [1.807, 2.05) is 36.4 Å². The zero-order chi connectivity index (χ0) is 31.9. The Kier molecular flexibility index (Phi) is 7.22. The third-order valence-electron chi connectivity index (χ3n) is 11.5. The van der Waals surface area contributed by atoms with Crippen molar-refractivity contribution in [2.75, 3.05) is 6.61 Å². The predicted octanol–water partition coefficient (Wildman–Crippen LogP) is 5.68. The summed E-state index contributed by atoms with van der Waals surface area (Å²) in [6.07, 6.45) is -1.22. The molecule has 0 amide bonds. The molecule has 0 radical (unpaired) electrons. The third-order valence-corrected chi connectivity index (χ3v) is 12.5. The first kappa shape index (κ1) is 30.7. The molecule has 0 bridgehead atoms. The van der Waals surface area contributed by atoms with Crippen LogP contribution in [0.2, 0.25) is 0 Å². The van der Waals surface area contributed by atoms with Gasteiger partial charge in [-0.15, -0.1) is 11.8 Å². The van der Waals surface area contributed by atoms with Crippen molar-refractivity contribution in [1.82, 2.24) is 0 Å². The predicted molar refractivity (Wildman–Crippen MR) is 161 cm³/mol. The fourth-order valence-electron chi connectivity index (χ4n) is 9.17. The average molecular weight is 639 g/mol. The standard InChI is InChI=1S/C35H36F2O7S/c1-32-12-11-22(40)13-26(32)27(36)14-25-24-15-30-35(29(42)17-38,33(24,2)16-28(41)34(25,32)37)44-31(43-30)20-5-3-19(4-6-20)18-45-23-9-7-21(39)8-10-23/h3-12,24-25,28,30-31,38-39,41H,13-18H2,1-2H3/t24-,25-,28-,30+,31+,32-,33-,34-,35+/m0/s1. The fourth-order valence-corrected chi connectivity index (χ4v) is 10.0. The lowest BCUT2D eigenvalue weighted by atomic mass is 9.45. The molecular formula is C35H36F2O7S. The first-order valence-electron chi connectivity index (χ1n) is 15.3. The molecule has 3 fully saturated rings. The highest BCUT2D eigenvalue weighted by molar-refractivity contribution is 7.98. The maximum atomic E-state index is 17.5. The van der Waals surface area contributed by atoms with Crippen LogP contribution in [0.15, 0.2) is 77.0 Å². The maximum Gasteiger partial charge on any atom is 0.193 e. The molecule has 10 heteroatoms. The number of benzene rings is 2. The fraction of sp³-hybridized carbons (Fsp3) is 0.486. The lowest BCUT2D eigenvalue weighted by Gasteiger charge is -2.62. The number of aliphatic hydroxyl groups is 2. The van der Waals surface area contributed by atoms with Gasteiger partial charge in [-0.05, 0) is 67.2 Å². The Balaban J connectivity index is 1.18. The first-order valence-corrected chi connectivity index (χ1v) is 16.3. The number of Topliss-reactive ketones (excluding diaryl/α,β-unsaturated/α-hetero) is 1. The molecule has 3 N–H and O–H groups in total. The minimum Gasteiger partial charge on any atom is -0.508 e. The van der Waals surface area contributed by atoms with Crippen LogP contribution in [-0.2, 0) is 24.8 Å². The number of ketones is 2. The smallest absolute Gasteiger partial charge is 0.193 e.